The number of aromatic amines is 1. The summed E-state index contributed by atoms with van der Waals surface area (Å²) in [6.45, 7) is 9.40. The summed E-state index contributed by atoms with van der Waals surface area (Å²) in [5, 5.41) is 8.93. The Morgan fingerprint density at radius 1 is 1.33 bits per heavy atom. The number of benzene rings is 1. The lowest BCUT2D eigenvalue weighted by molar-refractivity contribution is 0.0615. The number of rotatable bonds is 3. The number of aliphatic hydroxyl groups is 1. The van der Waals surface area contributed by atoms with Gasteiger partial charge >= 0.3 is 0 Å². The van der Waals surface area contributed by atoms with Crippen molar-refractivity contribution in [1.29, 1.82) is 0 Å². The maximum Gasteiger partial charge on any atom is 0.254 e. The molecule has 1 amide bonds. The molecular formula is C15H18N4O2. The van der Waals surface area contributed by atoms with Gasteiger partial charge in [0, 0.05) is 45.2 Å². The number of fused-ring (bicyclic) bond motifs is 1. The molecule has 0 saturated carbocycles. The van der Waals surface area contributed by atoms with E-state index in [1.807, 2.05) is 4.90 Å². The van der Waals surface area contributed by atoms with Crippen LogP contribution >= 0.6 is 0 Å². The fraction of sp³-hybridized carbons (Fsp3) is 0.400. The van der Waals surface area contributed by atoms with Gasteiger partial charge in [-0.1, -0.05) is 0 Å². The SMILES string of the molecule is [CH]c1nc2ccc(C(=O)N3CCN(CCO)CC3)cc2[nH]1. The summed E-state index contributed by atoms with van der Waals surface area (Å²) in [4.78, 5) is 23.6. The van der Waals surface area contributed by atoms with Crippen LogP contribution in [0.15, 0.2) is 18.2 Å². The highest BCUT2D eigenvalue weighted by molar-refractivity contribution is 5.97. The van der Waals surface area contributed by atoms with E-state index in [0.717, 1.165) is 24.1 Å². The second kappa shape index (κ2) is 5.83. The van der Waals surface area contributed by atoms with Gasteiger partial charge in [0.05, 0.1) is 17.6 Å². The van der Waals surface area contributed by atoms with Crippen molar-refractivity contribution in [2.45, 2.75) is 0 Å². The van der Waals surface area contributed by atoms with Crippen LogP contribution in [0.3, 0.4) is 0 Å². The van der Waals surface area contributed by atoms with Crippen molar-refractivity contribution in [3.63, 3.8) is 0 Å². The van der Waals surface area contributed by atoms with Crippen molar-refractivity contribution in [1.82, 2.24) is 19.8 Å². The van der Waals surface area contributed by atoms with Crippen LogP contribution in [-0.2, 0) is 0 Å². The van der Waals surface area contributed by atoms with Crippen LogP contribution in [0, 0.1) is 6.92 Å². The van der Waals surface area contributed by atoms with E-state index in [-0.39, 0.29) is 12.5 Å². The number of aliphatic hydroxyl groups excluding tert-OH is 1. The summed E-state index contributed by atoms with van der Waals surface area (Å²) in [5.74, 6) is 0.376. The number of amides is 1. The van der Waals surface area contributed by atoms with E-state index in [4.69, 9.17) is 12.0 Å². The Bertz CT molecular complexity index is 644. The quantitative estimate of drug-likeness (QED) is 0.855. The maximum absolute atomic E-state index is 12.5. The lowest BCUT2D eigenvalue weighted by Crippen LogP contribution is -2.49. The molecule has 0 spiro atoms. The highest BCUT2D eigenvalue weighted by atomic mass is 16.3. The molecule has 1 aromatic carbocycles. The minimum Gasteiger partial charge on any atom is -0.395 e. The molecule has 0 atom stereocenters. The molecule has 3 rings (SSSR count). The molecule has 1 fully saturated rings. The Kier molecular flexibility index (Phi) is 3.90. The molecule has 0 aliphatic carbocycles. The average molecular weight is 286 g/mol. The minimum atomic E-state index is 0.0220. The summed E-state index contributed by atoms with van der Waals surface area (Å²) in [7, 11) is 0. The molecule has 2 radical (unpaired) electrons. The fourth-order valence-corrected chi connectivity index (χ4v) is 2.66. The van der Waals surface area contributed by atoms with Crippen LogP contribution in [0.1, 0.15) is 16.2 Å². The van der Waals surface area contributed by atoms with E-state index in [2.05, 4.69) is 14.9 Å². The lowest BCUT2D eigenvalue weighted by atomic mass is 10.1. The van der Waals surface area contributed by atoms with Gasteiger partial charge in [-0.2, -0.15) is 0 Å². The third-order valence-electron chi connectivity index (χ3n) is 3.82. The highest BCUT2D eigenvalue weighted by Crippen LogP contribution is 2.16. The van der Waals surface area contributed by atoms with E-state index < -0.39 is 0 Å². The van der Waals surface area contributed by atoms with Crippen LogP contribution in [0.5, 0.6) is 0 Å². The number of aromatic nitrogens is 2. The average Bonchev–Trinajstić information content (AvgIpc) is 2.86. The molecule has 0 bridgehead atoms. The highest BCUT2D eigenvalue weighted by Gasteiger charge is 2.22. The summed E-state index contributed by atoms with van der Waals surface area (Å²) < 4.78 is 0. The number of nitrogens with zero attached hydrogens (tertiary/aromatic N) is 3. The first-order valence-corrected chi connectivity index (χ1v) is 7.05. The largest absolute Gasteiger partial charge is 0.395 e. The van der Waals surface area contributed by atoms with E-state index >= 15 is 0 Å². The normalized spacial score (nSPS) is 16.6. The van der Waals surface area contributed by atoms with Crippen molar-refractivity contribution in [3.05, 3.63) is 36.5 Å². The molecule has 6 nitrogen and oxygen atoms in total. The number of piperazine rings is 1. The standard InChI is InChI=1S/C15H18N4O2/c1-11-16-13-3-2-12(10-14(13)17-11)15(21)19-6-4-18(5-7-19)8-9-20/h1-3,10,20H,4-9H2,(H,16,17). The van der Waals surface area contributed by atoms with Crippen molar-refractivity contribution in [3.8, 4) is 0 Å². The number of carbonyl (C=O) groups excluding carboxylic acids is 1. The summed E-state index contributed by atoms with van der Waals surface area (Å²) in [6, 6.07) is 5.38. The molecule has 0 unspecified atom stereocenters. The zero-order valence-electron chi connectivity index (χ0n) is 11.7. The second-order valence-electron chi connectivity index (χ2n) is 5.21. The summed E-state index contributed by atoms with van der Waals surface area (Å²) in [5.41, 5.74) is 2.18. The lowest BCUT2D eigenvalue weighted by Gasteiger charge is -2.34. The van der Waals surface area contributed by atoms with Crippen LogP contribution in [-0.4, -0.2) is 70.1 Å². The van der Waals surface area contributed by atoms with E-state index in [1.54, 1.807) is 18.2 Å². The van der Waals surface area contributed by atoms with Gasteiger partial charge in [-0.05, 0) is 18.2 Å². The Morgan fingerprint density at radius 2 is 2.10 bits per heavy atom. The van der Waals surface area contributed by atoms with Gasteiger partial charge in [0.1, 0.15) is 5.82 Å². The molecule has 1 aliphatic rings. The Hall–Kier alpha value is -1.92. The predicted molar refractivity (Wildman–Crippen MR) is 78.9 cm³/mol. The molecule has 1 aliphatic heterocycles. The molecule has 2 N–H and O–H groups in total. The molecule has 110 valence electrons. The topological polar surface area (TPSA) is 72.5 Å². The molecule has 1 aromatic heterocycles. The molecular weight excluding hydrogens is 268 g/mol. The minimum absolute atomic E-state index is 0.0220. The smallest absolute Gasteiger partial charge is 0.254 e. The Morgan fingerprint density at radius 3 is 2.81 bits per heavy atom. The third-order valence-corrected chi connectivity index (χ3v) is 3.82. The Labute approximate surface area is 123 Å². The van der Waals surface area contributed by atoms with Crippen molar-refractivity contribution in [2.24, 2.45) is 0 Å². The number of β-amino-alcohol motifs (C(OH)–C–C–N with tert-alkyl or cyclic N) is 1. The third kappa shape index (κ3) is 2.91. The van der Waals surface area contributed by atoms with Crippen molar-refractivity contribution < 1.29 is 9.90 Å². The first-order valence-electron chi connectivity index (χ1n) is 7.05. The summed E-state index contributed by atoms with van der Waals surface area (Å²) >= 11 is 0. The molecule has 2 heterocycles. The number of hydrogen-bond donors (Lipinski definition) is 2. The van der Waals surface area contributed by atoms with E-state index in [1.165, 1.54) is 0 Å². The zero-order valence-corrected chi connectivity index (χ0v) is 11.7. The predicted octanol–water partition coefficient (Wildman–Crippen LogP) is 0.372. The molecule has 1 saturated heterocycles. The first kappa shape index (κ1) is 14.0. The first-order chi connectivity index (χ1) is 10.2. The van der Waals surface area contributed by atoms with E-state index in [0.29, 0.717) is 31.0 Å². The maximum atomic E-state index is 12.5. The number of nitrogens with one attached hydrogen (secondary N) is 1. The number of hydrogen-bond acceptors (Lipinski definition) is 4. The van der Waals surface area contributed by atoms with Gasteiger partial charge < -0.3 is 15.0 Å². The monoisotopic (exact) mass is 286 g/mol. The number of carbonyl (C=O) groups is 1. The van der Waals surface area contributed by atoms with Gasteiger partial charge in [-0.25, -0.2) is 4.98 Å². The van der Waals surface area contributed by atoms with Crippen molar-refractivity contribution in [2.75, 3.05) is 39.3 Å². The number of H-pyrrole nitrogens is 1. The van der Waals surface area contributed by atoms with Gasteiger partial charge in [0.15, 0.2) is 0 Å². The van der Waals surface area contributed by atoms with Crippen LogP contribution < -0.4 is 0 Å². The van der Waals surface area contributed by atoms with Crippen LogP contribution in [0.4, 0.5) is 0 Å². The zero-order chi connectivity index (χ0) is 14.8. The van der Waals surface area contributed by atoms with Crippen molar-refractivity contribution >= 4 is 16.9 Å². The fourth-order valence-electron chi connectivity index (χ4n) is 2.66. The second-order valence-corrected chi connectivity index (χ2v) is 5.21. The Balaban J connectivity index is 1.72. The van der Waals surface area contributed by atoms with E-state index in [9.17, 15) is 4.79 Å². The van der Waals surface area contributed by atoms with Gasteiger partial charge in [-0.15, -0.1) is 0 Å². The van der Waals surface area contributed by atoms with Crippen LogP contribution in [0.2, 0.25) is 0 Å². The molecule has 6 heteroatoms. The number of imidazole rings is 1. The summed E-state index contributed by atoms with van der Waals surface area (Å²) in [6.07, 6.45) is 0. The van der Waals surface area contributed by atoms with Gasteiger partial charge in [0.25, 0.3) is 5.91 Å². The van der Waals surface area contributed by atoms with Crippen LogP contribution in [0.25, 0.3) is 11.0 Å². The van der Waals surface area contributed by atoms with Gasteiger partial charge in [0.2, 0.25) is 0 Å². The van der Waals surface area contributed by atoms with Gasteiger partial charge in [-0.3, -0.25) is 9.69 Å². The molecule has 2 aromatic rings. The molecule has 21 heavy (non-hydrogen) atoms.